The summed E-state index contributed by atoms with van der Waals surface area (Å²) in [6, 6.07) is 6.78. The number of nitrogens with one attached hydrogen (secondary N) is 2. The third-order valence-corrected chi connectivity index (χ3v) is 7.96. The molecule has 7 nitrogen and oxygen atoms in total. The molecule has 32 heavy (non-hydrogen) atoms. The van der Waals surface area contributed by atoms with E-state index in [-0.39, 0.29) is 22.2 Å². The molecule has 2 aromatic carbocycles. The van der Waals surface area contributed by atoms with Crippen molar-refractivity contribution in [2.24, 2.45) is 0 Å². The van der Waals surface area contributed by atoms with Crippen LogP contribution in [0, 0.1) is 11.6 Å². The molecular weight excluding hydrogens is 460 g/mol. The third-order valence-electron chi connectivity index (χ3n) is 5.32. The summed E-state index contributed by atoms with van der Waals surface area (Å²) in [6.45, 7) is 1.26. The van der Waals surface area contributed by atoms with Crippen LogP contribution in [0.3, 0.4) is 0 Å². The lowest BCUT2D eigenvalue weighted by atomic mass is 10.2. The zero-order valence-electron chi connectivity index (χ0n) is 16.9. The van der Waals surface area contributed by atoms with Crippen molar-refractivity contribution in [3.8, 4) is 0 Å². The highest BCUT2D eigenvalue weighted by Gasteiger charge is 2.36. The summed E-state index contributed by atoms with van der Waals surface area (Å²) in [5.41, 5.74) is 0.135. The summed E-state index contributed by atoms with van der Waals surface area (Å²) in [7, 11) is -4.12. The van der Waals surface area contributed by atoms with Crippen LogP contribution in [-0.2, 0) is 19.6 Å². The molecule has 170 valence electrons. The normalized spacial score (nSPS) is 19.0. The molecule has 0 unspecified atom stereocenters. The quantitative estimate of drug-likeness (QED) is 0.651. The Morgan fingerprint density at radius 3 is 2.44 bits per heavy atom. The van der Waals surface area contributed by atoms with Gasteiger partial charge in [0.05, 0.1) is 16.3 Å². The van der Waals surface area contributed by atoms with Gasteiger partial charge < -0.3 is 10.2 Å². The number of amides is 2. The van der Waals surface area contributed by atoms with E-state index in [0.717, 1.165) is 55.6 Å². The molecule has 0 aliphatic carbocycles. The molecule has 0 spiro atoms. The van der Waals surface area contributed by atoms with Crippen molar-refractivity contribution in [1.29, 1.82) is 0 Å². The van der Waals surface area contributed by atoms with E-state index >= 15 is 0 Å². The molecule has 4 rings (SSSR count). The van der Waals surface area contributed by atoms with E-state index in [1.165, 1.54) is 18.2 Å². The lowest BCUT2D eigenvalue weighted by Gasteiger charge is -2.28. The molecule has 2 heterocycles. The van der Waals surface area contributed by atoms with Crippen molar-refractivity contribution in [3.05, 3.63) is 48.0 Å². The summed E-state index contributed by atoms with van der Waals surface area (Å²) in [5.74, 6) is -3.01. The van der Waals surface area contributed by atoms with E-state index in [2.05, 4.69) is 10.0 Å². The second kappa shape index (κ2) is 9.07. The van der Waals surface area contributed by atoms with Crippen LogP contribution in [-0.4, -0.2) is 43.5 Å². The molecule has 0 bridgehead atoms. The van der Waals surface area contributed by atoms with Crippen molar-refractivity contribution < 1.29 is 26.8 Å². The third kappa shape index (κ3) is 4.73. The van der Waals surface area contributed by atoms with E-state index in [4.69, 9.17) is 0 Å². The van der Waals surface area contributed by atoms with Gasteiger partial charge in [-0.25, -0.2) is 17.2 Å². The topological polar surface area (TPSA) is 95.6 Å². The maximum atomic E-state index is 13.4. The predicted octanol–water partition coefficient (Wildman–Crippen LogP) is 3.58. The Morgan fingerprint density at radius 1 is 1.03 bits per heavy atom. The van der Waals surface area contributed by atoms with Gasteiger partial charge in [-0.1, -0.05) is 12.8 Å². The minimum absolute atomic E-state index is 0.136. The van der Waals surface area contributed by atoms with Crippen LogP contribution in [0.5, 0.6) is 0 Å². The van der Waals surface area contributed by atoms with Gasteiger partial charge >= 0.3 is 0 Å². The first-order valence-corrected chi connectivity index (χ1v) is 12.5. The van der Waals surface area contributed by atoms with Crippen LogP contribution in [0.4, 0.5) is 20.2 Å². The van der Waals surface area contributed by atoms with Crippen molar-refractivity contribution in [2.45, 2.75) is 40.7 Å². The molecule has 2 N–H and O–H groups in total. The summed E-state index contributed by atoms with van der Waals surface area (Å²) in [6.07, 6.45) is 3.94. The van der Waals surface area contributed by atoms with E-state index in [1.54, 1.807) is 4.90 Å². The number of fused-ring (bicyclic) bond motifs is 1. The lowest BCUT2D eigenvalue weighted by molar-refractivity contribution is -0.133. The number of halogens is 2. The van der Waals surface area contributed by atoms with Gasteiger partial charge in [0.15, 0.2) is 16.9 Å². The maximum absolute atomic E-state index is 13.4. The molecule has 1 saturated heterocycles. The highest BCUT2D eigenvalue weighted by Crippen LogP contribution is 2.38. The number of thioether (sulfide) groups is 1. The van der Waals surface area contributed by atoms with Crippen LogP contribution in [0.1, 0.15) is 25.7 Å². The molecule has 1 fully saturated rings. The monoisotopic (exact) mass is 481 g/mol. The second-order valence-corrected chi connectivity index (χ2v) is 10.4. The standard InChI is InChI=1S/C21H21F2N3O4S2/c22-15-7-5-13(11-16(15)23)25-32(29,30)14-6-8-18-17(12-14)24-20(27)19(31-18)21(28)26-9-3-1-2-4-10-26/h5-8,11-12,19,25H,1-4,9-10H2,(H,24,27)/t19-/m0/s1. The highest BCUT2D eigenvalue weighted by molar-refractivity contribution is 8.01. The molecule has 0 radical (unpaired) electrons. The van der Waals surface area contributed by atoms with Gasteiger partial charge in [0.1, 0.15) is 0 Å². The number of likely N-dealkylation sites (tertiary alicyclic amines) is 1. The average molecular weight is 482 g/mol. The van der Waals surface area contributed by atoms with Crippen molar-refractivity contribution >= 4 is 45.0 Å². The van der Waals surface area contributed by atoms with Crippen molar-refractivity contribution in [1.82, 2.24) is 4.90 Å². The number of carbonyl (C=O) groups is 2. The summed E-state index contributed by atoms with van der Waals surface area (Å²) >= 11 is 1.09. The summed E-state index contributed by atoms with van der Waals surface area (Å²) in [4.78, 5) is 27.6. The molecular formula is C21H21F2N3O4S2. The molecule has 2 aliphatic heterocycles. The average Bonchev–Trinajstić information content (AvgIpc) is 3.04. The Labute approximate surface area is 188 Å². The number of carbonyl (C=O) groups excluding carboxylic acids is 2. The van der Waals surface area contributed by atoms with Gasteiger partial charge in [-0.15, -0.1) is 11.8 Å². The number of hydrogen-bond acceptors (Lipinski definition) is 5. The van der Waals surface area contributed by atoms with Gasteiger partial charge in [-0.2, -0.15) is 0 Å². The Hall–Kier alpha value is -2.66. The van der Waals surface area contributed by atoms with Crippen LogP contribution in [0.2, 0.25) is 0 Å². The highest BCUT2D eigenvalue weighted by atomic mass is 32.2. The van der Waals surface area contributed by atoms with E-state index < -0.39 is 32.8 Å². The van der Waals surface area contributed by atoms with Gasteiger partial charge in [0.2, 0.25) is 11.8 Å². The van der Waals surface area contributed by atoms with Crippen LogP contribution in [0.15, 0.2) is 46.2 Å². The van der Waals surface area contributed by atoms with E-state index in [1.807, 2.05) is 0 Å². The Morgan fingerprint density at radius 2 is 1.75 bits per heavy atom. The number of hydrogen-bond donors (Lipinski definition) is 2. The first-order valence-electron chi connectivity index (χ1n) is 10.1. The van der Waals surface area contributed by atoms with E-state index in [0.29, 0.717) is 18.0 Å². The number of benzene rings is 2. The SMILES string of the molecule is O=C1Nc2cc(S(=O)(=O)Nc3ccc(F)c(F)c3)ccc2S[C@@H]1C(=O)N1CCCCCC1. The second-order valence-electron chi connectivity index (χ2n) is 7.62. The molecule has 11 heteroatoms. The van der Waals surface area contributed by atoms with Crippen LogP contribution in [0.25, 0.3) is 0 Å². The number of anilines is 2. The number of rotatable bonds is 4. The Balaban J connectivity index is 1.53. The fourth-order valence-corrected chi connectivity index (χ4v) is 5.78. The first kappa shape index (κ1) is 22.5. The summed E-state index contributed by atoms with van der Waals surface area (Å²) < 4.78 is 54.0. The first-order chi connectivity index (χ1) is 15.2. The fraction of sp³-hybridized carbons (Fsp3) is 0.333. The molecule has 2 amide bonds. The minimum Gasteiger partial charge on any atom is -0.341 e. The van der Waals surface area contributed by atoms with Crippen molar-refractivity contribution in [3.63, 3.8) is 0 Å². The number of nitrogens with zero attached hydrogens (tertiary/aromatic N) is 1. The van der Waals surface area contributed by atoms with Gasteiger partial charge in [0.25, 0.3) is 10.0 Å². The fourth-order valence-electron chi connectivity index (χ4n) is 3.65. The zero-order chi connectivity index (χ0) is 22.9. The molecule has 1 atom stereocenters. The molecule has 2 aliphatic rings. The largest absolute Gasteiger partial charge is 0.341 e. The number of sulfonamides is 1. The minimum atomic E-state index is -4.12. The van der Waals surface area contributed by atoms with Gasteiger partial charge in [-0.3, -0.25) is 14.3 Å². The zero-order valence-corrected chi connectivity index (χ0v) is 18.6. The molecule has 0 aromatic heterocycles. The van der Waals surface area contributed by atoms with Crippen LogP contribution < -0.4 is 10.0 Å². The van der Waals surface area contributed by atoms with Gasteiger partial charge in [0, 0.05) is 24.1 Å². The van der Waals surface area contributed by atoms with Gasteiger partial charge in [-0.05, 0) is 43.2 Å². The Bertz CT molecular complexity index is 1170. The molecule has 0 saturated carbocycles. The van der Waals surface area contributed by atoms with Crippen molar-refractivity contribution in [2.75, 3.05) is 23.1 Å². The smallest absolute Gasteiger partial charge is 0.261 e. The maximum Gasteiger partial charge on any atom is 0.261 e. The van der Waals surface area contributed by atoms with E-state index in [9.17, 15) is 26.8 Å². The summed E-state index contributed by atoms with van der Waals surface area (Å²) in [5, 5.41) is 1.70. The Kier molecular flexibility index (Phi) is 6.38. The predicted molar refractivity (Wildman–Crippen MR) is 117 cm³/mol. The molecule has 2 aromatic rings. The lowest BCUT2D eigenvalue weighted by Crippen LogP contribution is -2.45. The van der Waals surface area contributed by atoms with Crippen LogP contribution >= 0.6 is 11.8 Å².